The van der Waals surface area contributed by atoms with E-state index in [-0.39, 0.29) is 22.8 Å². The maximum Gasteiger partial charge on any atom is 0.338 e. The fraction of sp³-hybridized carbons (Fsp3) is 0.316. The molecule has 5 atom stereocenters. The number of phenols is 2. The minimum absolute atomic E-state index is 0.00563. The van der Waals surface area contributed by atoms with E-state index in [0.29, 0.717) is 0 Å². The summed E-state index contributed by atoms with van der Waals surface area (Å²) in [4.78, 5) is 12.0. The summed E-state index contributed by atoms with van der Waals surface area (Å²) >= 11 is 0. The van der Waals surface area contributed by atoms with Crippen LogP contribution in [0.5, 0.6) is 17.2 Å². The highest BCUT2D eigenvalue weighted by Gasteiger charge is 2.45. The van der Waals surface area contributed by atoms with E-state index in [9.17, 15) is 30.3 Å². The number of carbonyl (C=O) groups excluding carboxylic acids is 1. The first-order chi connectivity index (χ1) is 13.3. The van der Waals surface area contributed by atoms with E-state index in [1.54, 1.807) is 0 Å². The fourth-order valence-electron chi connectivity index (χ4n) is 2.65. The second-order valence-corrected chi connectivity index (χ2v) is 6.27. The van der Waals surface area contributed by atoms with Crippen molar-refractivity contribution in [2.24, 2.45) is 0 Å². The van der Waals surface area contributed by atoms with Crippen LogP contribution in [0.1, 0.15) is 10.4 Å². The molecular formula is C19H20O9. The first-order valence-electron chi connectivity index (χ1n) is 8.46. The number of aliphatic hydroxyl groups excluding tert-OH is 3. The molecule has 150 valence electrons. The maximum atomic E-state index is 12.0. The average molecular weight is 392 g/mol. The van der Waals surface area contributed by atoms with E-state index in [4.69, 9.17) is 14.2 Å². The number of hydrogen-bond acceptors (Lipinski definition) is 9. The summed E-state index contributed by atoms with van der Waals surface area (Å²) in [7, 11) is 0. The summed E-state index contributed by atoms with van der Waals surface area (Å²) in [6.07, 6.45) is -7.13. The van der Waals surface area contributed by atoms with E-state index in [1.165, 1.54) is 48.5 Å². The zero-order chi connectivity index (χ0) is 20.3. The van der Waals surface area contributed by atoms with Gasteiger partial charge < -0.3 is 39.7 Å². The van der Waals surface area contributed by atoms with E-state index < -0.39 is 43.3 Å². The van der Waals surface area contributed by atoms with Gasteiger partial charge in [0.15, 0.2) is 0 Å². The minimum atomic E-state index is -1.59. The zero-order valence-electron chi connectivity index (χ0n) is 14.6. The van der Waals surface area contributed by atoms with E-state index in [2.05, 4.69) is 0 Å². The van der Waals surface area contributed by atoms with Gasteiger partial charge in [-0.1, -0.05) is 0 Å². The van der Waals surface area contributed by atoms with Gasteiger partial charge in [0.1, 0.15) is 48.3 Å². The Bertz CT molecular complexity index is 790. The fourth-order valence-corrected chi connectivity index (χ4v) is 2.65. The number of ether oxygens (including phenoxy) is 3. The van der Waals surface area contributed by atoms with Crippen molar-refractivity contribution < 1.29 is 44.5 Å². The molecule has 9 nitrogen and oxygen atoms in total. The highest BCUT2D eigenvalue weighted by molar-refractivity contribution is 5.89. The molecule has 9 heteroatoms. The highest BCUT2D eigenvalue weighted by Crippen LogP contribution is 2.26. The molecule has 3 rings (SSSR count). The Labute approximate surface area is 160 Å². The summed E-state index contributed by atoms with van der Waals surface area (Å²) in [6.45, 7) is -0.403. The van der Waals surface area contributed by atoms with Crippen molar-refractivity contribution in [3.8, 4) is 17.2 Å². The molecule has 0 bridgehead atoms. The highest BCUT2D eigenvalue weighted by atomic mass is 16.7. The lowest BCUT2D eigenvalue weighted by molar-refractivity contribution is -0.277. The van der Waals surface area contributed by atoms with Crippen molar-refractivity contribution in [2.75, 3.05) is 6.61 Å². The third kappa shape index (κ3) is 4.52. The molecule has 0 amide bonds. The molecule has 1 fully saturated rings. The second kappa shape index (κ2) is 8.44. The van der Waals surface area contributed by atoms with Crippen molar-refractivity contribution in [2.45, 2.75) is 30.7 Å². The molecule has 0 unspecified atom stereocenters. The predicted molar refractivity (Wildman–Crippen MR) is 93.8 cm³/mol. The zero-order valence-corrected chi connectivity index (χ0v) is 14.6. The summed E-state index contributed by atoms with van der Waals surface area (Å²) in [5.41, 5.74) is 0.181. The van der Waals surface area contributed by atoms with Crippen molar-refractivity contribution in [3.05, 3.63) is 54.1 Å². The summed E-state index contributed by atoms with van der Waals surface area (Å²) in [6, 6.07) is 11.0. The smallest absolute Gasteiger partial charge is 0.338 e. The molecule has 1 aliphatic rings. The standard InChI is InChI=1S/C19H20O9/c20-11-3-1-10(2-4-11)18(25)26-9-14-15(22)16(23)17(24)19(28-14)27-13-7-5-12(21)6-8-13/h1-8,14-17,19-24H,9H2/t14-,15+,16-,17-,19+/m0/s1. The Balaban J connectivity index is 1.63. The lowest BCUT2D eigenvalue weighted by Crippen LogP contribution is -2.60. The summed E-state index contributed by atoms with van der Waals surface area (Å²) < 4.78 is 16.0. The number of carbonyl (C=O) groups is 1. The van der Waals surface area contributed by atoms with Crippen LogP contribution in [0.2, 0.25) is 0 Å². The Morgan fingerprint density at radius 2 is 1.43 bits per heavy atom. The number of rotatable bonds is 5. The Morgan fingerprint density at radius 3 is 2.04 bits per heavy atom. The van der Waals surface area contributed by atoms with E-state index in [0.717, 1.165) is 0 Å². The number of aliphatic hydroxyl groups is 3. The van der Waals surface area contributed by atoms with Gasteiger partial charge in [-0.25, -0.2) is 4.79 Å². The van der Waals surface area contributed by atoms with Gasteiger partial charge in [-0.2, -0.15) is 0 Å². The van der Waals surface area contributed by atoms with Gasteiger partial charge in [-0.3, -0.25) is 0 Å². The van der Waals surface area contributed by atoms with Gasteiger partial charge in [0.2, 0.25) is 6.29 Å². The lowest BCUT2D eigenvalue weighted by Gasteiger charge is -2.39. The van der Waals surface area contributed by atoms with Crippen LogP contribution >= 0.6 is 0 Å². The molecule has 2 aromatic rings. The van der Waals surface area contributed by atoms with Gasteiger partial charge in [0.05, 0.1) is 5.56 Å². The van der Waals surface area contributed by atoms with Crippen LogP contribution in [0.3, 0.4) is 0 Å². The third-order valence-electron chi connectivity index (χ3n) is 4.24. The Kier molecular flexibility index (Phi) is 6.00. The van der Waals surface area contributed by atoms with Crippen molar-refractivity contribution >= 4 is 5.97 Å². The number of phenolic OH excluding ortho intramolecular Hbond substituents is 2. The largest absolute Gasteiger partial charge is 0.508 e. The Morgan fingerprint density at radius 1 is 0.857 bits per heavy atom. The predicted octanol–water partition coefficient (Wildman–Crippen LogP) is 0.141. The molecule has 28 heavy (non-hydrogen) atoms. The summed E-state index contributed by atoms with van der Waals surface area (Å²) in [5, 5.41) is 48.8. The van der Waals surface area contributed by atoms with Gasteiger partial charge in [0.25, 0.3) is 0 Å². The molecule has 5 N–H and O–H groups in total. The molecule has 0 aliphatic carbocycles. The molecule has 0 aromatic heterocycles. The molecular weight excluding hydrogens is 372 g/mol. The topological polar surface area (TPSA) is 146 Å². The number of aromatic hydroxyl groups is 2. The number of hydrogen-bond donors (Lipinski definition) is 5. The van der Waals surface area contributed by atoms with E-state index >= 15 is 0 Å². The SMILES string of the molecule is O=C(OC[C@@H]1O[C@@H](Oc2ccc(O)cc2)[C@@H](O)[C@@H](O)[C@@H]1O)c1ccc(O)cc1. The van der Waals surface area contributed by atoms with Gasteiger partial charge >= 0.3 is 5.97 Å². The van der Waals surface area contributed by atoms with Crippen LogP contribution in [-0.4, -0.2) is 68.8 Å². The van der Waals surface area contributed by atoms with Crippen LogP contribution in [0, 0.1) is 0 Å². The van der Waals surface area contributed by atoms with Crippen LogP contribution in [0.4, 0.5) is 0 Å². The molecule has 1 aliphatic heterocycles. The number of benzene rings is 2. The quantitative estimate of drug-likeness (QED) is 0.449. The normalized spacial score (nSPS) is 27.2. The van der Waals surface area contributed by atoms with Gasteiger partial charge in [-0.05, 0) is 48.5 Å². The monoisotopic (exact) mass is 392 g/mol. The first-order valence-corrected chi connectivity index (χ1v) is 8.46. The second-order valence-electron chi connectivity index (χ2n) is 6.27. The molecule has 2 aromatic carbocycles. The number of esters is 1. The van der Waals surface area contributed by atoms with Crippen LogP contribution in [0.15, 0.2) is 48.5 Å². The molecule has 1 saturated heterocycles. The Hall–Kier alpha value is -2.85. The molecule has 0 saturated carbocycles. The van der Waals surface area contributed by atoms with Gasteiger partial charge in [-0.15, -0.1) is 0 Å². The first kappa shape index (κ1) is 19.9. The van der Waals surface area contributed by atoms with Crippen molar-refractivity contribution in [3.63, 3.8) is 0 Å². The third-order valence-corrected chi connectivity index (χ3v) is 4.24. The maximum absolute atomic E-state index is 12.0. The van der Waals surface area contributed by atoms with Crippen LogP contribution in [-0.2, 0) is 9.47 Å². The molecule has 0 spiro atoms. The van der Waals surface area contributed by atoms with Crippen molar-refractivity contribution in [1.82, 2.24) is 0 Å². The minimum Gasteiger partial charge on any atom is -0.508 e. The van der Waals surface area contributed by atoms with Gasteiger partial charge in [0, 0.05) is 0 Å². The summed E-state index contributed by atoms with van der Waals surface area (Å²) in [5.74, 6) is -0.446. The molecule has 1 heterocycles. The van der Waals surface area contributed by atoms with Crippen molar-refractivity contribution in [1.29, 1.82) is 0 Å². The molecule has 0 radical (unpaired) electrons. The van der Waals surface area contributed by atoms with Crippen LogP contribution in [0.25, 0.3) is 0 Å². The average Bonchev–Trinajstić information content (AvgIpc) is 2.69. The lowest BCUT2D eigenvalue weighted by atomic mass is 9.99. The van der Waals surface area contributed by atoms with Crippen LogP contribution < -0.4 is 4.74 Å². The van der Waals surface area contributed by atoms with E-state index in [1.807, 2.05) is 0 Å².